The van der Waals surface area contributed by atoms with Crippen LogP contribution in [0.1, 0.15) is 11.1 Å². The molecule has 0 saturated heterocycles. The van der Waals surface area contributed by atoms with Crippen LogP contribution >= 0.6 is 11.7 Å². The zero-order valence-corrected chi connectivity index (χ0v) is 21.3. The van der Waals surface area contributed by atoms with Gasteiger partial charge < -0.3 is 0 Å². The summed E-state index contributed by atoms with van der Waals surface area (Å²) in [5, 5.41) is 22.0. The molecule has 0 aliphatic rings. The molecule has 5 nitrogen and oxygen atoms in total. The standard InChI is InChI=1S/C33H17N5S/c34-18-20-6-7-25(19-35)28(16-20)22-10-8-21(9-11-22)24-12-13-26-30(17-24)36-32(23-4-2-1-3-5-23)27-14-15-29-33(31(26)27)38-39-37-29/h1-17H. The van der Waals surface area contributed by atoms with Gasteiger partial charge in [0, 0.05) is 27.3 Å². The summed E-state index contributed by atoms with van der Waals surface area (Å²) in [6.45, 7) is 0. The van der Waals surface area contributed by atoms with Crippen molar-refractivity contribution in [3.8, 4) is 45.6 Å². The van der Waals surface area contributed by atoms with Gasteiger partial charge >= 0.3 is 0 Å². The van der Waals surface area contributed by atoms with Crippen LogP contribution in [-0.4, -0.2) is 13.7 Å². The van der Waals surface area contributed by atoms with Crippen LogP contribution in [0, 0.1) is 22.7 Å². The maximum Gasteiger partial charge on any atom is 0.113 e. The Morgan fingerprint density at radius 3 is 2.15 bits per heavy atom. The van der Waals surface area contributed by atoms with Crippen LogP contribution in [0.3, 0.4) is 0 Å². The summed E-state index contributed by atoms with van der Waals surface area (Å²) >= 11 is 1.22. The summed E-state index contributed by atoms with van der Waals surface area (Å²) < 4.78 is 9.11. The van der Waals surface area contributed by atoms with Crippen LogP contribution in [0.5, 0.6) is 0 Å². The minimum absolute atomic E-state index is 0.527. The van der Waals surface area contributed by atoms with E-state index in [0.29, 0.717) is 11.1 Å². The Balaban J connectivity index is 1.40. The van der Waals surface area contributed by atoms with Crippen LogP contribution in [0.4, 0.5) is 0 Å². The van der Waals surface area contributed by atoms with Gasteiger partial charge in [0.1, 0.15) is 11.0 Å². The molecule has 7 rings (SSSR count). The molecular formula is C33H17N5S. The number of pyridine rings is 1. The van der Waals surface area contributed by atoms with E-state index in [1.807, 2.05) is 48.5 Å². The van der Waals surface area contributed by atoms with Crippen LogP contribution in [0.2, 0.25) is 0 Å². The second-order valence-corrected chi connectivity index (χ2v) is 9.77. The molecule has 0 fully saturated rings. The van der Waals surface area contributed by atoms with Gasteiger partial charge in [-0.25, -0.2) is 4.98 Å². The van der Waals surface area contributed by atoms with Gasteiger partial charge in [0.15, 0.2) is 0 Å². The first-order valence-electron chi connectivity index (χ1n) is 12.3. The minimum Gasteiger partial charge on any atom is -0.247 e. The average molecular weight is 516 g/mol. The molecule has 0 saturated carbocycles. The molecule has 0 radical (unpaired) electrons. The summed E-state index contributed by atoms with van der Waals surface area (Å²) in [6.07, 6.45) is 0. The molecule has 0 amide bonds. The molecule has 6 heteroatoms. The van der Waals surface area contributed by atoms with Gasteiger partial charge in [-0.1, -0.05) is 66.7 Å². The first-order valence-corrected chi connectivity index (χ1v) is 13.1. The lowest BCUT2D eigenvalue weighted by atomic mass is 9.94. The van der Waals surface area contributed by atoms with Gasteiger partial charge in [0.05, 0.1) is 46.2 Å². The lowest BCUT2D eigenvalue weighted by Crippen LogP contribution is -1.92. The van der Waals surface area contributed by atoms with Crippen molar-refractivity contribution in [2.24, 2.45) is 0 Å². The van der Waals surface area contributed by atoms with E-state index in [0.717, 1.165) is 66.2 Å². The Kier molecular flexibility index (Phi) is 5.33. The van der Waals surface area contributed by atoms with Gasteiger partial charge in [-0.2, -0.15) is 19.3 Å². The van der Waals surface area contributed by atoms with Crippen molar-refractivity contribution in [2.75, 3.05) is 0 Å². The number of benzene rings is 5. The zero-order valence-electron chi connectivity index (χ0n) is 20.5. The topological polar surface area (TPSA) is 86.2 Å². The second-order valence-electron chi connectivity index (χ2n) is 9.24. The van der Waals surface area contributed by atoms with Crippen LogP contribution < -0.4 is 0 Å². The molecule has 0 atom stereocenters. The van der Waals surface area contributed by atoms with E-state index in [-0.39, 0.29) is 0 Å². The highest BCUT2D eigenvalue weighted by Gasteiger charge is 2.16. The van der Waals surface area contributed by atoms with Crippen LogP contribution in [0.25, 0.3) is 66.2 Å². The highest BCUT2D eigenvalue weighted by molar-refractivity contribution is 7.00. The third-order valence-corrected chi connectivity index (χ3v) is 7.57. The molecule has 0 bridgehead atoms. The fourth-order valence-electron chi connectivity index (χ4n) is 5.13. The van der Waals surface area contributed by atoms with Gasteiger partial charge in [-0.05, 0) is 53.1 Å². The Labute approximate surface area is 228 Å². The Morgan fingerprint density at radius 2 is 1.36 bits per heavy atom. The fourth-order valence-corrected chi connectivity index (χ4v) is 5.67. The number of nitriles is 2. The number of fused-ring (bicyclic) bond motifs is 5. The molecule has 0 aliphatic heterocycles. The van der Waals surface area contributed by atoms with Crippen LogP contribution in [0.15, 0.2) is 103 Å². The first kappa shape index (κ1) is 22.7. The number of hydrogen-bond acceptors (Lipinski definition) is 6. The molecule has 0 aliphatic carbocycles. The lowest BCUT2D eigenvalue weighted by molar-refractivity contribution is 1.43. The molecule has 0 N–H and O–H groups in total. The van der Waals surface area contributed by atoms with Crippen molar-refractivity contribution >= 4 is 44.4 Å². The van der Waals surface area contributed by atoms with Crippen molar-refractivity contribution in [2.45, 2.75) is 0 Å². The van der Waals surface area contributed by atoms with E-state index < -0.39 is 0 Å². The van der Waals surface area contributed by atoms with E-state index >= 15 is 0 Å². The average Bonchev–Trinajstić information content (AvgIpc) is 3.50. The predicted molar refractivity (Wildman–Crippen MR) is 156 cm³/mol. The molecule has 0 unspecified atom stereocenters. The Hall–Kier alpha value is -5.43. The quantitative estimate of drug-likeness (QED) is 0.222. The summed E-state index contributed by atoms with van der Waals surface area (Å²) in [5.74, 6) is 0. The van der Waals surface area contributed by atoms with E-state index in [4.69, 9.17) is 4.98 Å². The first-order chi connectivity index (χ1) is 19.2. The maximum atomic E-state index is 9.56. The van der Waals surface area contributed by atoms with Crippen molar-refractivity contribution in [1.82, 2.24) is 13.7 Å². The van der Waals surface area contributed by atoms with Gasteiger partial charge in [0.2, 0.25) is 0 Å². The number of aromatic nitrogens is 3. The Bertz CT molecular complexity index is 2130. The van der Waals surface area contributed by atoms with E-state index in [9.17, 15) is 10.5 Å². The molecule has 39 heavy (non-hydrogen) atoms. The molecule has 180 valence electrons. The van der Waals surface area contributed by atoms with Gasteiger partial charge in [-0.15, -0.1) is 0 Å². The molecule has 7 aromatic rings. The SMILES string of the molecule is N#Cc1ccc(C#N)c(-c2ccc(-c3ccc4c(c3)nc(-c3ccccc3)c3ccc5nsnc5c34)cc2)c1. The largest absolute Gasteiger partial charge is 0.247 e. The van der Waals surface area contributed by atoms with Crippen molar-refractivity contribution in [3.05, 3.63) is 114 Å². The highest BCUT2D eigenvalue weighted by Crippen LogP contribution is 2.38. The fraction of sp³-hybridized carbons (Fsp3) is 0. The van der Waals surface area contributed by atoms with Crippen molar-refractivity contribution in [1.29, 1.82) is 10.5 Å². The van der Waals surface area contributed by atoms with E-state index in [2.05, 4.69) is 57.3 Å². The Morgan fingerprint density at radius 1 is 0.590 bits per heavy atom. The summed E-state index contributed by atoms with van der Waals surface area (Å²) in [6, 6.07) is 38.2. The maximum absolute atomic E-state index is 9.56. The number of hydrogen-bond donors (Lipinski definition) is 0. The zero-order chi connectivity index (χ0) is 26.3. The molecular weight excluding hydrogens is 498 g/mol. The summed E-state index contributed by atoms with van der Waals surface area (Å²) in [7, 11) is 0. The summed E-state index contributed by atoms with van der Waals surface area (Å²) in [5.41, 5.74) is 9.42. The van der Waals surface area contributed by atoms with E-state index in [1.165, 1.54) is 11.7 Å². The van der Waals surface area contributed by atoms with Crippen molar-refractivity contribution in [3.63, 3.8) is 0 Å². The monoisotopic (exact) mass is 515 g/mol. The van der Waals surface area contributed by atoms with E-state index in [1.54, 1.807) is 18.2 Å². The third-order valence-electron chi connectivity index (χ3n) is 7.03. The second kappa shape index (κ2) is 9.15. The van der Waals surface area contributed by atoms with Crippen LogP contribution in [-0.2, 0) is 0 Å². The number of rotatable bonds is 3. The predicted octanol–water partition coefficient (Wildman–Crippen LogP) is 8.14. The smallest absolute Gasteiger partial charge is 0.113 e. The van der Waals surface area contributed by atoms with Crippen molar-refractivity contribution < 1.29 is 0 Å². The minimum atomic E-state index is 0.527. The lowest BCUT2D eigenvalue weighted by Gasteiger charge is -2.12. The third kappa shape index (κ3) is 3.79. The van der Waals surface area contributed by atoms with Gasteiger partial charge in [-0.3, -0.25) is 0 Å². The normalized spacial score (nSPS) is 11.0. The molecule has 5 aromatic carbocycles. The molecule has 2 aromatic heterocycles. The number of nitrogens with zero attached hydrogens (tertiary/aromatic N) is 5. The summed E-state index contributed by atoms with van der Waals surface area (Å²) in [4.78, 5) is 5.15. The molecule has 2 heterocycles. The highest BCUT2D eigenvalue weighted by atomic mass is 32.1. The molecule has 0 spiro atoms. The van der Waals surface area contributed by atoms with Gasteiger partial charge in [0.25, 0.3) is 0 Å².